The van der Waals surface area contributed by atoms with Crippen LogP contribution in [0.5, 0.6) is 0 Å². The smallest absolute Gasteiger partial charge is 0.326 e. The number of hydrogen-bond acceptors (Lipinski definition) is 4. The van der Waals surface area contributed by atoms with Gasteiger partial charge >= 0.3 is 5.97 Å². The summed E-state index contributed by atoms with van der Waals surface area (Å²) < 4.78 is 10.2. The molecule has 0 amide bonds. The summed E-state index contributed by atoms with van der Waals surface area (Å²) in [4.78, 5) is 11.9. The fourth-order valence-electron chi connectivity index (χ4n) is 3.06. The first-order valence-electron chi connectivity index (χ1n) is 6.59. The zero-order valence-electron chi connectivity index (χ0n) is 10.8. The van der Waals surface area contributed by atoms with E-state index in [1.807, 2.05) is 0 Å². The van der Waals surface area contributed by atoms with Crippen molar-refractivity contribution in [3.63, 3.8) is 0 Å². The molecule has 0 spiro atoms. The van der Waals surface area contributed by atoms with Crippen LogP contribution in [0, 0.1) is 0 Å². The van der Waals surface area contributed by atoms with Crippen LogP contribution in [0.1, 0.15) is 44.9 Å². The average molecular weight is 241 g/mol. The maximum atomic E-state index is 11.9. The van der Waals surface area contributed by atoms with E-state index in [0.29, 0.717) is 6.04 Å². The van der Waals surface area contributed by atoms with Crippen LogP contribution in [0.15, 0.2) is 0 Å². The third-order valence-electron chi connectivity index (χ3n) is 4.15. The first kappa shape index (κ1) is 12.8. The quantitative estimate of drug-likeness (QED) is 0.760. The van der Waals surface area contributed by atoms with E-state index < -0.39 is 5.54 Å². The van der Waals surface area contributed by atoms with Crippen molar-refractivity contribution < 1.29 is 14.3 Å². The normalized spacial score (nSPS) is 34.1. The second kappa shape index (κ2) is 5.36. The molecule has 2 saturated carbocycles. The van der Waals surface area contributed by atoms with Gasteiger partial charge < -0.3 is 9.47 Å². The Bertz CT molecular complexity index is 268. The minimum atomic E-state index is -0.475. The average Bonchev–Trinajstić information content (AvgIpc) is 2.33. The molecular weight excluding hydrogens is 218 g/mol. The predicted molar refractivity (Wildman–Crippen MR) is 64.8 cm³/mol. The lowest BCUT2D eigenvalue weighted by molar-refractivity contribution is -0.161. The monoisotopic (exact) mass is 241 g/mol. The molecule has 0 unspecified atom stereocenters. The molecule has 1 N–H and O–H groups in total. The fraction of sp³-hybridized carbons (Fsp3) is 0.923. The van der Waals surface area contributed by atoms with Crippen LogP contribution in [0.25, 0.3) is 0 Å². The number of methoxy groups -OCH3 is 2. The number of ether oxygens (including phenoxy) is 2. The molecule has 4 heteroatoms. The van der Waals surface area contributed by atoms with E-state index in [4.69, 9.17) is 9.47 Å². The molecule has 0 saturated heterocycles. The first-order valence-corrected chi connectivity index (χ1v) is 6.59. The second-order valence-electron chi connectivity index (χ2n) is 5.32. The van der Waals surface area contributed by atoms with Crippen molar-refractivity contribution in [3.05, 3.63) is 0 Å². The second-order valence-corrected chi connectivity index (χ2v) is 5.32. The number of rotatable bonds is 4. The van der Waals surface area contributed by atoms with Gasteiger partial charge in [0, 0.05) is 26.0 Å². The molecular formula is C13H23NO3. The molecule has 2 aliphatic carbocycles. The summed E-state index contributed by atoms with van der Waals surface area (Å²) >= 11 is 0. The predicted octanol–water partition coefficient (Wildman–Crippen LogP) is 1.63. The van der Waals surface area contributed by atoms with Crippen LogP contribution in [0.4, 0.5) is 0 Å². The molecule has 0 heterocycles. The molecule has 2 aliphatic rings. The molecule has 0 aromatic carbocycles. The Labute approximate surface area is 103 Å². The number of nitrogens with one attached hydrogen (secondary N) is 1. The van der Waals surface area contributed by atoms with E-state index in [9.17, 15) is 4.79 Å². The SMILES string of the molecule is COC(=O)C1(NC2CCCCC2)CC(OC)C1. The summed E-state index contributed by atoms with van der Waals surface area (Å²) in [5.41, 5.74) is -0.475. The Kier molecular flexibility index (Phi) is 4.05. The van der Waals surface area contributed by atoms with Gasteiger partial charge in [0.2, 0.25) is 0 Å². The van der Waals surface area contributed by atoms with E-state index in [-0.39, 0.29) is 12.1 Å². The lowest BCUT2D eigenvalue weighted by Crippen LogP contribution is -2.66. The highest BCUT2D eigenvalue weighted by Crippen LogP contribution is 2.37. The lowest BCUT2D eigenvalue weighted by atomic mass is 9.73. The highest BCUT2D eigenvalue weighted by Gasteiger charge is 2.52. The maximum Gasteiger partial charge on any atom is 0.326 e. The highest BCUT2D eigenvalue weighted by molar-refractivity contribution is 5.82. The van der Waals surface area contributed by atoms with Gasteiger partial charge in [0.05, 0.1) is 13.2 Å². The van der Waals surface area contributed by atoms with Gasteiger partial charge in [0.25, 0.3) is 0 Å². The third kappa shape index (κ3) is 2.63. The van der Waals surface area contributed by atoms with Crippen LogP contribution in [0.3, 0.4) is 0 Å². The van der Waals surface area contributed by atoms with Gasteiger partial charge in [0.1, 0.15) is 5.54 Å². The van der Waals surface area contributed by atoms with E-state index in [2.05, 4.69) is 5.32 Å². The fourth-order valence-corrected chi connectivity index (χ4v) is 3.06. The Morgan fingerprint density at radius 3 is 2.35 bits per heavy atom. The summed E-state index contributed by atoms with van der Waals surface area (Å²) in [6.45, 7) is 0. The molecule has 17 heavy (non-hydrogen) atoms. The Hall–Kier alpha value is -0.610. The lowest BCUT2D eigenvalue weighted by Gasteiger charge is -2.47. The molecule has 0 aromatic rings. The van der Waals surface area contributed by atoms with Crippen LogP contribution in [0.2, 0.25) is 0 Å². The van der Waals surface area contributed by atoms with Crippen LogP contribution >= 0.6 is 0 Å². The zero-order valence-corrected chi connectivity index (χ0v) is 10.8. The summed E-state index contributed by atoms with van der Waals surface area (Å²) in [5, 5.41) is 3.53. The molecule has 98 valence electrons. The van der Waals surface area contributed by atoms with Gasteiger partial charge in [-0.3, -0.25) is 10.1 Å². The van der Waals surface area contributed by atoms with Crippen molar-refractivity contribution >= 4 is 5.97 Å². The van der Waals surface area contributed by atoms with Gasteiger partial charge in [0.15, 0.2) is 0 Å². The molecule has 2 rings (SSSR count). The number of carbonyl (C=O) groups excluding carboxylic acids is 1. The van der Waals surface area contributed by atoms with Crippen molar-refractivity contribution in [2.24, 2.45) is 0 Å². The van der Waals surface area contributed by atoms with Crippen molar-refractivity contribution in [2.75, 3.05) is 14.2 Å². The number of esters is 1. The summed E-state index contributed by atoms with van der Waals surface area (Å²) in [5.74, 6) is -0.128. The van der Waals surface area contributed by atoms with E-state index in [1.54, 1.807) is 7.11 Å². The number of carbonyl (C=O) groups is 1. The summed E-state index contributed by atoms with van der Waals surface area (Å²) in [6.07, 6.45) is 7.90. The van der Waals surface area contributed by atoms with Gasteiger partial charge in [-0.15, -0.1) is 0 Å². The summed E-state index contributed by atoms with van der Waals surface area (Å²) in [6, 6.07) is 0.473. The van der Waals surface area contributed by atoms with Gasteiger partial charge in [-0.1, -0.05) is 19.3 Å². The van der Waals surface area contributed by atoms with E-state index >= 15 is 0 Å². The standard InChI is InChI=1S/C13H23NO3/c1-16-11-8-13(9-11,12(15)17-2)14-10-6-4-3-5-7-10/h10-11,14H,3-9H2,1-2H3. The Balaban J connectivity index is 1.94. The van der Waals surface area contributed by atoms with Gasteiger partial charge in [-0.2, -0.15) is 0 Å². The van der Waals surface area contributed by atoms with Crippen molar-refractivity contribution in [1.29, 1.82) is 0 Å². The minimum absolute atomic E-state index is 0.128. The third-order valence-corrected chi connectivity index (χ3v) is 4.15. The van der Waals surface area contributed by atoms with Crippen molar-refractivity contribution in [1.82, 2.24) is 5.32 Å². The molecule has 0 aliphatic heterocycles. The molecule has 4 nitrogen and oxygen atoms in total. The van der Waals surface area contributed by atoms with Gasteiger partial charge in [-0.05, 0) is 12.8 Å². The van der Waals surface area contributed by atoms with E-state index in [0.717, 1.165) is 12.8 Å². The molecule has 2 fully saturated rings. The number of hydrogen-bond donors (Lipinski definition) is 1. The molecule has 0 aromatic heterocycles. The molecule has 0 radical (unpaired) electrons. The van der Waals surface area contributed by atoms with Crippen LogP contribution in [-0.4, -0.2) is 37.9 Å². The summed E-state index contributed by atoms with van der Waals surface area (Å²) in [7, 11) is 3.17. The van der Waals surface area contributed by atoms with Crippen LogP contribution < -0.4 is 5.32 Å². The largest absolute Gasteiger partial charge is 0.468 e. The van der Waals surface area contributed by atoms with Crippen molar-refractivity contribution in [2.45, 2.75) is 62.6 Å². The zero-order chi connectivity index (χ0) is 12.3. The van der Waals surface area contributed by atoms with Gasteiger partial charge in [-0.25, -0.2) is 0 Å². The van der Waals surface area contributed by atoms with Crippen LogP contribution in [-0.2, 0) is 14.3 Å². The highest BCUT2D eigenvalue weighted by atomic mass is 16.5. The molecule has 0 bridgehead atoms. The van der Waals surface area contributed by atoms with E-state index in [1.165, 1.54) is 39.2 Å². The Morgan fingerprint density at radius 1 is 1.18 bits per heavy atom. The minimum Gasteiger partial charge on any atom is -0.468 e. The topological polar surface area (TPSA) is 47.6 Å². The first-order chi connectivity index (χ1) is 8.20. The Morgan fingerprint density at radius 2 is 1.82 bits per heavy atom. The molecule has 0 atom stereocenters. The maximum absolute atomic E-state index is 11.9. The van der Waals surface area contributed by atoms with Crippen molar-refractivity contribution in [3.8, 4) is 0 Å².